The first-order chi connectivity index (χ1) is 8.75. The molecule has 4 nitrogen and oxygen atoms in total. The van der Waals surface area contributed by atoms with Gasteiger partial charge in [-0.25, -0.2) is 0 Å². The molecule has 0 aromatic heterocycles. The van der Waals surface area contributed by atoms with Crippen molar-refractivity contribution in [3.63, 3.8) is 0 Å². The van der Waals surface area contributed by atoms with E-state index in [0.717, 1.165) is 19.5 Å². The molecule has 2 unspecified atom stereocenters. The Balaban J connectivity index is 1.68. The lowest BCUT2D eigenvalue weighted by molar-refractivity contribution is -0.124. The molecular weight excluding hydrogens is 226 g/mol. The third kappa shape index (κ3) is 4.25. The number of hydrogen-bond acceptors (Lipinski definition) is 3. The minimum atomic E-state index is 0.0440. The number of carbonyl (C=O) groups is 1. The van der Waals surface area contributed by atoms with Crippen LogP contribution in [0.25, 0.3) is 0 Å². The van der Waals surface area contributed by atoms with Crippen molar-refractivity contribution < 1.29 is 4.79 Å². The third-order valence-corrected chi connectivity index (χ3v) is 4.00. The topological polar surface area (TPSA) is 44.4 Å². The average Bonchev–Trinajstić information content (AvgIpc) is 2.40. The number of carbonyl (C=O) groups excluding carboxylic acids is 1. The number of piperidine rings is 2. The van der Waals surface area contributed by atoms with Crippen LogP contribution in [0.5, 0.6) is 0 Å². The number of rotatable bonds is 4. The van der Waals surface area contributed by atoms with Crippen molar-refractivity contribution in [3.8, 4) is 0 Å². The largest absolute Gasteiger partial charge is 0.351 e. The van der Waals surface area contributed by atoms with E-state index in [9.17, 15) is 4.79 Å². The van der Waals surface area contributed by atoms with Gasteiger partial charge in [0.25, 0.3) is 0 Å². The van der Waals surface area contributed by atoms with Crippen molar-refractivity contribution >= 4 is 5.91 Å². The van der Waals surface area contributed by atoms with Crippen molar-refractivity contribution in [2.75, 3.05) is 26.2 Å². The molecule has 2 heterocycles. The molecule has 0 bridgehead atoms. The summed E-state index contributed by atoms with van der Waals surface area (Å²) in [5.41, 5.74) is 0. The number of amides is 1. The predicted molar refractivity (Wildman–Crippen MR) is 73.5 cm³/mol. The van der Waals surface area contributed by atoms with Gasteiger partial charge >= 0.3 is 0 Å². The number of nitrogens with zero attached hydrogens (tertiary/aromatic N) is 1. The highest BCUT2D eigenvalue weighted by Gasteiger charge is 2.22. The lowest BCUT2D eigenvalue weighted by atomic mass is 10.0. The molecule has 0 radical (unpaired) electrons. The maximum absolute atomic E-state index is 12.1. The van der Waals surface area contributed by atoms with Crippen molar-refractivity contribution in [1.29, 1.82) is 0 Å². The van der Waals surface area contributed by atoms with Crippen LogP contribution in [0.15, 0.2) is 0 Å². The monoisotopic (exact) mass is 253 g/mol. The van der Waals surface area contributed by atoms with E-state index in [1.54, 1.807) is 0 Å². The van der Waals surface area contributed by atoms with Gasteiger partial charge in [0, 0.05) is 12.6 Å². The number of likely N-dealkylation sites (tertiary alicyclic amines) is 1. The van der Waals surface area contributed by atoms with E-state index in [1.807, 2.05) is 0 Å². The minimum absolute atomic E-state index is 0.0440. The van der Waals surface area contributed by atoms with Crippen LogP contribution in [-0.2, 0) is 4.79 Å². The molecule has 2 rings (SSSR count). The van der Waals surface area contributed by atoms with E-state index in [1.165, 1.54) is 45.2 Å². The Bertz CT molecular complexity index is 258. The predicted octanol–water partition coefficient (Wildman–Crippen LogP) is 1.12. The van der Waals surface area contributed by atoms with Gasteiger partial charge in [0.2, 0.25) is 5.91 Å². The molecule has 0 saturated carbocycles. The van der Waals surface area contributed by atoms with Gasteiger partial charge < -0.3 is 15.5 Å². The van der Waals surface area contributed by atoms with Gasteiger partial charge in [-0.15, -0.1) is 0 Å². The molecule has 0 aromatic carbocycles. The summed E-state index contributed by atoms with van der Waals surface area (Å²) in [6.07, 6.45) is 7.35. The Labute approximate surface area is 110 Å². The molecule has 104 valence electrons. The molecule has 2 aliphatic heterocycles. The van der Waals surface area contributed by atoms with E-state index >= 15 is 0 Å². The van der Waals surface area contributed by atoms with Crippen LogP contribution in [0.3, 0.4) is 0 Å². The average molecular weight is 253 g/mol. The van der Waals surface area contributed by atoms with Crippen molar-refractivity contribution in [2.24, 2.45) is 0 Å². The normalized spacial score (nSPS) is 27.7. The lowest BCUT2D eigenvalue weighted by Gasteiger charge is -2.30. The minimum Gasteiger partial charge on any atom is -0.351 e. The summed E-state index contributed by atoms with van der Waals surface area (Å²) in [6, 6.07) is 0.307. The van der Waals surface area contributed by atoms with Gasteiger partial charge in [-0.3, -0.25) is 4.79 Å². The van der Waals surface area contributed by atoms with Crippen LogP contribution < -0.4 is 10.6 Å². The molecule has 2 N–H and O–H groups in total. The van der Waals surface area contributed by atoms with Gasteiger partial charge in [0.15, 0.2) is 0 Å². The van der Waals surface area contributed by atoms with Gasteiger partial charge in [0.05, 0.1) is 6.04 Å². The Morgan fingerprint density at radius 2 is 2.06 bits per heavy atom. The Kier molecular flexibility index (Phi) is 5.45. The summed E-state index contributed by atoms with van der Waals surface area (Å²) in [5.74, 6) is 0.194. The first-order valence-corrected chi connectivity index (χ1v) is 7.52. The fourth-order valence-corrected chi connectivity index (χ4v) is 2.99. The van der Waals surface area contributed by atoms with Crippen molar-refractivity contribution in [1.82, 2.24) is 15.5 Å². The highest BCUT2D eigenvalue weighted by molar-refractivity contribution is 5.82. The first-order valence-electron chi connectivity index (χ1n) is 7.52. The zero-order valence-corrected chi connectivity index (χ0v) is 11.6. The van der Waals surface area contributed by atoms with E-state index in [-0.39, 0.29) is 18.0 Å². The Morgan fingerprint density at radius 3 is 2.72 bits per heavy atom. The highest BCUT2D eigenvalue weighted by atomic mass is 16.2. The summed E-state index contributed by atoms with van der Waals surface area (Å²) in [4.78, 5) is 14.5. The Morgan fingerprint density at radius 1 is 1.28 bits per heavy atom. The SMILES string of the molecule is CC(CN1CCCCC1)NC(=O)C1CCCCN1. The van der Waals surface area contributed by atoms with Crippen molar-refractivity contribution in [2.45, 2.75) is 57.5 Å². The molecule has 2 saturated heterocycles. The van der Waals surface area contributed by atoms with Crippen LogP contribution in [-0.4, -0.2) is 49.1 Å². The van der Waals surface area contributed by atoms with Gasteiger partial charge in [0.1, 0.15) is 0 Å². The number of nitrogens with one attached hydrogen (secondary N) is 2. The number of hydrogen-bond donors (Lipinski definition) is 2. The second-order valence-corrected chi connectivity index (χ2v) is 5.77. The van der Waals surface area contributed by atoms with Crippen molar-refractivity contribution in [3.05, 3.63) is 0 Å². The van der Waals surface area contributed by atoms with Crippen LogP contribution >= 0.6 is 0 Å². The quantitative estimate of drug-likeness (QED) is 0.789. The summed E-state index contributed by atoms with van der Waals surface area (Å²) < 4.78 is 0. The highest BCUT2D eigenvalue weighted by Crippen LogP contribution is 2.10. The standard InChI is InChI=1S/C14H27N3O/c1-12(11-17-9-5-2-6-10-17)16-14(18)13-7-3-4-8-15-13/h12-13,15H,2-11H2,1H3,(H,16,18). The molecule has 0 aromatic rings. The van der Waals surface area contributed by atoms with Gasteiger partial charge in [-0.05, 0) is 52.2 Å². The summed E-state index contributed by atoms with van der Waals surface area (Å²) in [5, 5.41) is 6.46. The molecule has 2 fully saturated rings. The van der Waals surface area contributed by atoms with Crippen LogP contribution in [0, 0.1) is 0 Å². The molecule has 18 heavy (non-hydrogen) atoms. The molecule has 0 spiro atoms. The van der Waals surface area contributed by atoms with Crippen LogP contribution in [0.4, 0.5) is 0 Å². The zero-order valence-electron chi connectivity index (χ0n) is 11.6. The van der Waals surface area contributed by atoms with Crippen LogP contribution in [0.1, 0.15) is 45.4 Å². The maximum atomic E-state index is 12.1. The fourth-order valence-electron chi connectivity index (χ4n) is 2.99. The zero-order chi connectivity index (χ0) is 12.8. The molecule has 1 amide bonds. The van der Waals surface area contributed by atoms with E-state index in [0.29, 0.717) is 0 Å². The summed E-state index contributed by atoms with van der Waals surface area (Å²) in [6.45, 7) is 6.50. The fraction of sp³-hybridized carbons (Fsp3) is 0.929. The lowest BCUT2D eigenvalue weighted by Crippen LogP contribution is -2.51. The van der Waals surface area contributed by atoms with Crippen LogP contribution in [0.2, 0.25) is 0 Å². The molecule has 2 aliphatic rings. The van der Waals surface area contributed by atoms with E-state index < -0.39 is 0 Å². The van der Waals surface area contributed by atoms with Gasteiger partial charge in [-0.2, -0.15) is 0 Å². The van der Waals surface area contributed by atoms with E-state index in [2.05, 4.69) is 22.5 Å². The van der Waals surface area contributed by atoms with E-state index in [4.69, 9.17) is 0 Å². The molecule has 4 heteroatoms. The third-order valence-electron chi connectivity index (χ3n) is 4.00. The summed E-state index contributed by atoms with van der Waals surface area (Å²) in [7, 11) is 0. The first kappa shape index (κ1) is 13.8. The van der Waals surface area contributed by atoms with Gasteiger partial charge in [-0.1, -0.05) is 12.8 Å². The smallest absolute Gasteiger partial charge is 0.237 e. The second kappa shape index (κ2) is 7.10. The second-order valence-electron chi connectivity index (χ2n) is 5.77. The summed E-state index contributed by atoms with van der Waals surface area (Å²) >= 11 is 0. The molecular formula is C14H27N3O. The molecule has 0 aliphatic carbocycles. The molecule has 2 atom stereocenters. The Hall–Kier alpha value is -0.610. The maximum Gasteiger partial charge on any atom is 0.237 e.